The minimum Gasteiger partial charge on any atom is -0.356 e. The molecule has 0 aliphatic heterocycles. The van der Waals surface area contributed by atoms with Crippen molar-refractivity contribution < 1.29 is 0 Å². The smallest absolute Gasteiger partial charge is 0.191 e. The molecule has 0 amide bonds. The Hall–Kier alpha value is -1.29. The van der Waals surface area contributed by atoms with E-state index in [2.05, 4.69) is 46.6 Å². The molecule has 0 saturated heterocycles. The summed E-state index contributed by atoms with van der Waals surface area (Å²) in [5.74, 6) is 1.32. The fraction of sp³-hybridized carbons (Fsp3) is 0.417. The minimum absolute atomic E-state index is 0.502. The van der Waals surface area contributed by atoms with Gasteiger partial charge in [0, 0.05) is 30.9 Å². The second-order valence-electron chi connectivity index (χ2n) is 3.54. The lowest BCUT2D eigenvalue weighted by atomic mass is 10.1. The highest BCUT2D eigenvalue weighted by Crippen LogP contribution is 2.19. The van der Waals surface area contributed by atoms with Gasteiger partial charge in [-0.3, -0.25) is 4.99 Å². The van der Waals surface area contributed by atoms with Crippen molar-refractivity contribution in [2.45, 2.75) is 12.8 Å². The fourth-order valence-electron chi connectivity index (χ4n) is 1.31. The van der Waals surface area contributed by atoms with Gasteiger partial charge in [-0.15, -0.1) is 17.9 Å². The average Bonchev–Trinajstić information content (AvgIpc) is 2.82. The Morgan fingerprint density at radius 3 is 3.00 bits per heavy atom. The van der Waals surface area contributed by atoms with E-state index in [1.165, 1.54) is 4.88 Å². The summed E-state index contributed by atoms with van der Waals surface area (Å²) in [5.41, 5.74) is 0. The predicted octanol–water partition coefficient (Wildman–Crippen LogP) is 2.20. The van der Waals surface area contributed by atoms with Gasteiger partial charge in [0.05, 0.1) is 0 Å². The molecule has 0 saturated carbocycles. The lowest BCUT2D eigenvalue weighted by Gasteiger charge is -2.14. The van der Waals surface area contributed by atoms with Crippen molar-refractivity contribution in [2.24, 2.45) is 4.99 Å². The number of aliphatic imine (C=N–C) groups is 1. The maximum Gasteiger partial charge on any atom is 0.191 e. The Bertz CT molecular complexity index is 330. The topological polar surface area (TPSA) is 36.4 Å². The molecular formula is C12H19N3S. The minimum atomic E-state index is 0.502. The molecule has 0 aromatic carbocycles. The lowest BCUT2D eigenvalue weighted by molar-refractivity contribution is 0.716. The molecule has 1 unspecified atom stereocenters. The lowest BCUT2D eigenvalue weighted by Crippen LogP contribution is -2.38. The van der Waals surface area contributed by atoms with Crippen molar-refractivity contribution in [3.63, 3.8) is 0 Å². The summed E-state index contributed by atoms with van der Waals surface area (Å²) >= 11 is 1.79. The number of guanidine groups is 1. The van der Waals surface area contributed by atoms with Crippen LogP contribution in [0.2, 0.25) is 0 Å². The van der Waals surface area contributed by atoms with Crippen LogP contribution in [-0.4, -0.2) is 26.1 Å². The molecular weight excluding hydrogens is 218 g/mol. The van der Waals surface area contributed by atoms with Gasteiger partial charge in [-0.05, 0) is 11.4 Å². The molecule has 1 atom stereocenters. The fourth-order valence-corrected chi connectivity index (χ4v) is 2.10. The highest BCUT2D eigenvalue weighted by molar-refractivity contribution is 7.10. The second kappa shape index (κ2) is 7.06. The first kappa shape index (κ1) is 12.8. The molecule has 0 aliphatic rings. The van der Waals surface area contributed by atoms with Gasteiger partial charge in [0.25, 0.3) is 0 Å². The summed E-state index contributed by atoms with van der Waals surface area (Å²) in [6.07, 6.45) is 1.82. The molecule has 0 radical (unpaired) electrons. The molecule has 16 heavy (non-hydrogen) atoms. The zero-order valence-electron chi connectivity index (χ0n) is 9.86. The van der Waals surface area contributed by atoms with E-state index in [1.54, 1.807) is 18.4 Å². The van der Waals surface area contributed by atoms with E-state index in [0.717, 1.165) is 19.0 Å². The van der Waals surface area contributed by atoms with E-state index in [1.807, 2.05) is 6.08 Å². The first-order valence-electron chi connectivity index (χ1n) is 5.36. The molecule has 0 fully saturated rings. The van der Waals surface area contributed by atoms with E-state index in [4.69, 9.17) is 0 Å². The molecule has 4 heteroatoms. The summed E-state index contributed by atoms with van der Waals surface area (Å²) in [6.45, 7) is 7.48. The van der Waals surface area contributed by atoms with Crippen LogP contribution < -0.4 is 10.6 Å². The van der Waals surface area contributed by atoms with Crippen molar-refractivity contribution >= 4 is 17.3 Å². The van der Waals surface area contributed by atoms with Crippen molar-refractivity contribution in [3.8, 4) is 0 Å². The summed E-state index contributed by atoms with van der Waals surface area (Å²) in [5, 5.41) is 8.54. The number of hydrogen-bond donors (Lipinski definition) is 2. The summed E-state index contributed by atoms with van der Waals surface area (Å²) in [4.78, 5) is 5.52. The predicted molar refractivity (Wildman–Crippen MR) is 72.3 cm³/mol. The SMILES string of the molecule is C=CCNC(=NC)NCC(C)c1cccs1. The summed E-state index contributed by atoms with van der Waals surface area (Å²) in [7, 11) is 1.77. The van der Waals surface area contributed by atoms with Crippen LogP contribution in [0.5, 0.6) is 0 Å². The van der Waals surface area contributed by atoms with Crippen LogP contribution in [-0.2, 0) is 0 Å². The first-order chi connectivity index (χ1) is 7.77. The van der Waals surface area contributed by atoms with Crippen LogP contribution in [0.1, 0.15) is 17.7 Å². The highest BCUT2D eigenvalue weighted by atomic mass is 32.1. The number of hydrogen-bond acceptors (Lipinski definition) is 2. The van der Waals surface area contributed by atoms with Gasteiger partial charge < -0.3 is 10.6 Å². The molecule has 1 aromatic rings. The average molecular weight is 237 g/mol. The molecule has 3 nitrogen and oxygen atoms in total. The quantitative estimate of drug-likeness (QED) is 0.468. The van der Waals surface area contributed by atoms with Crippen molar-refractivity contribution in [1.29, 1.82) is 0 Å². The zero-order valence-corrected chi connectivity index (χ0v) is 10.7. The maximum absolute atomic E-state index is 4.13. The van der Waals surface area contributed by atoms with Crippen LogP contribution in [0.15, 0.2) is 35.2 Å². The number of rotatable bonds is 5. The number of thiophene rings is 1. The summed E-state index contributed by atoms with van der Waals surface area (Å²) in [6, 6.07) is 4.25. The molecule has 1 aromatic heterocycles. The Kier molecular flexibility index (Phi) is 5.64. The van der Waals surface area contributed by atoms with Crippen LogP contribution in [0.25, 0.3) is 0 Å². The molecule has 0 bridgehead atoms. The Labute approximate surface area is 101 Å². The molecule has 2 N–H and O–H groups in total. The van der Waals surface area contributed by atoms with Crippen molar-refractivity contribution in [2.75, 3.05) is 20.1 Å². The number of nitrogens with one attached hydrogen (secondary N) is 2. The molecule has 0 spiro atoms. The third kappa shape index (κ3) is 4.06. The zero-order chi connectivity index (χ0) is 11.8. The van der Waals surface area contributed by atoms with Gasteiger partial charge in [0.2, 0.25) is 0 Å². The van der Waals surface area contributed by atoms with E-state index in [0.29, 0.717) is 5.92 Å². The van der Waals surface area contributed by atoms with E-state index in [9.17, 15) is 0 Å². The largest absolute Gasteiger partial charge is 0.356 e. The Morgan fingerprint density at radius 1 is 1.62 bits per heavy atom. The van der Waals surface area contributed by atoms with E-state index in [-0.39, 0.29) is 0 Å². The van der Waals surface area contributed by atoms with Crippen molar-refractivity contribution in [1.82, 2.24) is 10.6 Å². The van der Waals surface area contributed by atoms with Gasteiger partial charge in [-0.1, -0.05) is 19.1 Å². The standard InChI is InChI=1S/C12H19N3S/c1-4-7-14-12(13-3)15-9-10(2)11-6-5-8-16-11/h4-6,8,10H,1,7,9H2,2-3H3,(H2,13,14,15). The maximum atomic E-state index is 4.13. The van der Waals surface area contributed by atoms with Crippen LogP contribution in [0, 0.1) is 0 Å². The molecule has 88 valence electrons. The molecule has 0 aliphatic carbocycles. The highest BCUT2D eigenvalue weighted by Gasteiger charge is 2.06. The second-order valence-corrected chi connectivity index (χ2v) is 4.52. The van der Waals surface area contributed by atoms with Crippen LogP contribution >= 0.6 is 11.3 Å². The normalized spacial score (nSPS) is 13.2. The third-order valence-corrected chi connectivity index (χ3v) is 3.35. The van der Waals surface area contributed by atoms with Gasteiger partial charge in [-0.25, -0.2) is 0 Å². The molecule has 1 heterocycles. The van der Waals surface area contributed by atoms with E-state index < -0.39 is 0 Å². The van der Waals surface area contributed by atoms with Crippen LogP contribution in [0.4, 0.5) is 0 Å². The molecule has 1 rings (SSSR count). The Morgan fingerprint density at radius 2 is 2.44 bits per heavy atom. The number of nitrogens with zero attached hydrogens (tertiary/aromatic N) is 1. The first-order valence-corrected chi connectivity index (χ1v) is 6.24. The van der Waals surface area contributed by atoms with Gasteiger partial charge in [0.1, 0.15) is 0 Å². The van der Waals surface area contributed by atoms with E-state index >= 15 is 0 Å². The van der Waals surface area contributed by atoms with Gasteiger partial charge >= 0.3 is 0 Å². The van der Waals surface area contributed by atoms with Gasteiger partial charge in [-0.2, -0.15) is 0 Å². The van der Waals surface area contributed by atoms with Crippen molar-refractivity contribution in [3.05, 3.63) is 35.0 Å². The van der Waals surface area contributed by atoms with Gasteiger partial charge in [0.15, 0.2) is 5.96 Å². The third-order valence-electron chi connectivity index (χ3n) is 2.24. The monoisotopic (exact) mass is 237 g/mol. The summed E-state index contributed by atoms with van der Waals surface area (Å²) < 4.78 is 0. The Balaban J connectivity index is 2.35. The van der Waals surface area contributed by atoms with Crippen LogP contribution in [0.3, 0.4) is 0 Å².